The molecule has 0 radical (unpaired) electrons. The smallest absolute Gasteiger partial charge is 0.345 e. The van der Waals surface area contributed by atoms with Crippen molar-refractivity contribution in [3.05, 3.63) is 78.9 Å². The molecule has 2 aromatic heterocycles. The topological polar surface area (TPSA) is 76.1 Å². The van der Waals surface area contributed by atoms with Gasteiger partial charge in [-0.2, -0.15) is 5.26 Å². The minimum Gasteiger partial charge on any atom is -0.494 e. The fraction of sp³-hybridized carbons (Fsp3) is 0.0870. The van der Waals surface area contributed by atoms with Crippen LogP contribution in [0.15, 0.2) is 57.1 Å². The van der Waals surface area contributed by atoms with Gasteiger partial charge in [-0.15, -0.1) is 11.3 Å². The van der Waals surface area contributed by atoms with Crippen LogP contribution in [-0.2, 0) is 0 Å². The second-order valence-corrected chi connectivity index (χ2v) is 8.16. The van der Waals surface area contributed by atoms with Gasteiger partial charge in [0.05, 0.1) is 28.5 Å². The monoisotopic (exact) mass is 468 g/mol. The Labute approximate surface area is 191 Å². The molecule has 2 heterocycles. The summed E-state index contributed by atoms with van der Waals surface area (Å²) in [6, 6.07) is 14.4. The number of rotatable bonds is 5. The minimum absolute atomic E-state index is 0.259. The van der Waals surface area contributed by atoms with Gasteiger partial charge < -0.3 is 9.15 Å². The summed E-state index contributed by atoms with van der Waals surface area (Å²) in [6.07, 6.45) is 1.74. The van der Waals surface area contributed by atoms with E-state index in [0.717, 1.165) is 11.3 Å². The number of hydrogen-bond donors (Lipinski definition) is 0. The first-order valence-corrected chi connectivity index (χ1v) is 10.9. The number of fused-ring (bicyclic) bond motifs is 1. The number of benzene rings is 2. The molecule has 154 valence electrons. The van der Waals surface area contributed by atoms with Crippen LogP contribution in [0.2, 0.25) is 10.0 Å². The van der Waals surface area contributed by atoms with Crippen molar-refractivity contribution in [1.82, 2.24) is 4.98 Å². The highest BCUT2D eigenvalue weighted by molar-refractivity contribution is 7.11. The maximum Gasteiger partial charge on any atom is 0.345 e. The molecule has 0 bridgehead atoms. The fourth-order valence-corrected chi connectivity index (χ4v) is 4.33. The van der Waals surface area contributed by atoms with E-state index in [2.05, 4.69) is 11.1 Å². The molecule has 0 atom stereocenters. The normalized spacial score (nSPS) is 11.5. The summed E-state index contributed by atoms with van der Waals surface area (Å²) in [4.78, 5) is 17.0. The number of hydrogen-bond acceptors (Lipinski definition) is 6. The highest BCUT2D eigenvalue weighted by Gasteiger charge is 2.15. The largest absolute Gasteiger partial charge is 0.494 e. The molecule has 2 aromatic carbocycles. The summed E-state index contributed by atoms with van der Waals surface area (Å²) < 4.78 is 10.8. The molecule has 0 spiro atoms. The Balaban J connectivity index is 1.70. The average Bonchev–Trinajstić information content (AvgIpc) is 3.23. The van der Waals surface area contributed by atoms with E-state index >= 15 is 0 Å². The molecule has 0 N–H and O–H groups in total. The van der Waals surface area contributed by atoms with E-state index in [1.807, 2.05) is 31.2 Å². The summed E-state index contributed by atoms with van der Waals surface area (Å²) in [6.45, 7) is 2.50. The molecular weight excluding hydrogens is 455 g/mol. The van der Waals surface area contributed by atoms with E-state index in [1.54, 1.807) is 23.6 Å². The van der Waals surface area contributed by atoms with E-state index in [0.29, 0.717) is 33.3 Å². The van der Waals surface area contributed by atoms with Crippen molar-refractivity contribution in [2.45, 2.75) is 6.92 Å². The first-order valence-electron chi connectivity index (χ1n) is 9.22. The zero-order chi connectivity index (χ0) is 22.0. The third-order valence-corrected chi connectivity index (χ3v) is 5.76. The highest BCUT2D eigenvalue weighted by Crippen LogP contribution is 2.31. The summed E-state index contributed by atoms with van der Waals surface area (Å²) in [5.41, 5.74) is 1.61. The third-order valence-electron chi connectivity index (χ3n) is 4.38. The zero-order valence-corrected chi connectivity index (χ0v) is 18.5. The van der Waals surface area contributed by atoms with Crippen molar-refractivity contribution in [2.75, 3.05) is 6.61 Å². The Morgan fingerprint density at radius 2 is 2.03 bits per heavy atom. The zero-order valence-electron chi connectivity index (χ0n) is 16.2. The van der Waals surface area contributed by atoms with Crippen LogP contribution in [0.1, 0.15) is 17.5 Å². The van der Waals surface area contributed by atoms with Crippen LogP contribution in [0.25, 0.3) is 33.9 Å². The standard InChI is InChI=1S/C23H14Cl2N2O3S/c1-2-29-17-5-3-13(4-6-17)7-15(11-26)22-27-20(12-31-22)18-9-14-8-16(24)10-19(25)21(14)30-23(18)28/h3-10,12H,2H2,1H3/b15-7-. The van der Waals surface area contributed by atoms with Gasteiger partial charge in [0.15, 0.2) is 5.58 Å². The lowest BCUT2D eigenvalue weighted by Gasteiger charge is -2.03. The molecule has 0 saturated carbocycles. The quantitative estimate of drug-likeness (QED) is 0.241. The van der Waals surface area contributed by atoms with Gasteiger partial charge in [0, 0.05) is 15.8 Å². The summed E-state index contributed by atoms with van der Waals surface area (Å²) in [5, 5.41) is 13.1. The number of ether oxygens (including phenoxy) is 1. The van der Waals surface area contributed by atoms with E-state index < -0.39 is 5.63 Å². The molecule has 0 aliphatic heterocycles. The Hall–Kier alpha value is -3.11. The summed E-state index contributed by atoms with van der Waals surface area (Å²) >= 11 is 13.4. The van der Waals surface area contributed by atoms with E-state index in [4.69, 9.17) is 32.4 Å². The SMILES string of the molecule is CCOc1ccc(/C=C(/C#N)c2nc(-c3cc4cc(Cl)cc(Cl)c4oc3=O)cs2)cc1. The van der Waals surface area contributed by atoms with Crippen LogP contribution in [0.3, 0.4) is 0 Å². The van der Waals surface area contributed by atoms with Crippen LogP contribution in [0.4, 0.5) is 0 Å². The third kappa shape index (κ3) is 4.49. The minimum atomic E-state index is -0.567. The highest BCUT2D eigenvalue weighted by atomic mass is 35.5. The molecule has 5 nitrogen and oxygen atoms in total. The molecule has 4 rings (SSSR count). The maximum absolute atomic E-state index is 12.5. The lowest BCUT2D eigenvalue weighted by molar-refractivity contribution is 0.340. The lowest BCUT2D eigenvalue weighted by Crippen LogP contribution is -2.03. The van der Waals surface area contributed by atoms with Crippen LogP contribution >= 0.6 is 34.5 Å². The van der Waals surface area contributed by atoms with Gasteiger partial charge in [-0.05, 0) is 48.9 Å². The van der Waals surface area contributed by atoms with Crippen molar-refractivity contribution < 1.29 is 9.15 Å². The molecule has 31 heavy (non-hydrogen) atoms. The predicted octanol–water partition coefficient (Wildman–Crippen LogP) is 6.69. The van der Waals surface area contributed by atoms with Crippen molar-refractivity contribution in [3.8, 4) is 23.1 Å². The van der Waals surface area contributed by atoms with Crippen LogP contribution < -0.4 is 10.4 Å². The predicted molar refractivity (Wildman–Crippen MR) is 125 cm³/mol. The van der Waals surface area contributed by atoms with Crippen LogP contribution in [0.5, 0.6) is 5.75 Å². The first kappa shape index (κ1) is 21.1. The van der Waals surface area contributed by atoms with Gasteiger partial charge in [-0.1, -0.05) is 35.3 Å². The van der Waals surface area contributed by atoms with E-state index in [1.165, 1.54) is 17.4 Å². The number of aromatic nitrogens is 1. The molecule has 0 saturated heterocycles. The van der Waals surface area contributed by atoms with Gasteiger partial charge in [0.2, 0.25) is 0 Å². The number of halogens is 2. The van der Waals surface area contributed by atoms with Crippen LogP contribution in [-0.4, -0.2) is 11.6 Å². The molecule has 8 heteroatoms. The van der Waals surface area contributed by atoms with Crippen LogP contribution in [0, 0.1) is 11.3 Å². The van der Waals surface area contributed by atoms with E-state index in [9.17, 15) is 10.1 Å². The fourth-order valence-electron chi connectivity index (χ4n) is 2.99. The van der Waals surface area contributed by atoms with E-state index in [-0.39, 0.29) is 16.2 Å². The Kier molecular flexibility index (Phi) is 6.10. The number of thiazole rings is 1. The Bertz CT molecular complexity index is 1400. The molecule has 0 aliphatic carbocycles. The Morgan fingerprint density at radius 1 is 1.26 bits per heavy atom. The number of nitriles is 1. The maximum atomic E-state index is 12.5. The Morgan fingerprint density at radius 3 is 2.74 bits per heavy atom. The molecule has 0 fully saturated rings. The molecular formula is C23H14Cl2N2O3S. The van der Waals surface area contributed by atoms with Crippen molar-refractivity contribution in [1.29, 1.82) is 5.26 Å². The van der Waals surface area contributed by atoms with Gasteiger partial charge in [0.1, 0.15) is 16.8 Å². The molecule has 0 aliphatic rings. The van der Waals surface area contributed by atoms with Gasteiger partial charge >= 0.3 is 5.63 Å². The van der Waals surface area contributed by atoms with Crippen molar-refractivity contribution in [2.24, 2.45) is 0 Å². The molecule has 0 unspecified atom stereocenters. The molecule has 4 aromatic rings. The van der Waals surface area contributed by atoms with Gasteiger partial charge in [-0.3, -0.25) is 0 Å². The van der Waals surface area contributed by atoms with Gasteiger partial charge in [-0.25, -0.2) is 9.78 Å². The number of allylic oxidation sites excluding steroid dienone is 1. The van der Waals surface area contributed by atoms with Gasteiger partial charge in [0.25, 0.3) is 0 Å². The average molecular weight is 469 g/mol. The summed E-state index contributed by atoms with van der Waals surface area (Å²) in [7, 11) is 0. The second-order valence-electron chi connectivity index (χ2n) is 6.46. The van der Waals surface area contributed by atoms with Crippen molar-refractivity contribution >= 4 is 57.2 Å². The second kappa shape index (κ2) is 8.94. The number of nitrogens with zero attached hydrogens (tertiary/aromatic N) is 2. The summed E-state index contributed by atoms with van der Waals surface area (Å²) in [5.74, 6) is 0.762. The lowest BCUT2D eigenvalue weighted by atomic mass is 10.1. The molecule has 0 amide bonds. The first-order chi connectivity index (χ1) is 15.0. The van der Waals surface area contributed by atoms with Crippen molar-refractivity contribution in [3.63, 3.8) is 0 Å².